The summed E-state index contributed by atoms with van der Waals surface area (Å²) in [6.45, 7) is 0. The van der Waals surface area contributed by atoms with Gasteiger partial charge in [-0.3, -0.25) is 0 Å². The largest absolute Gasteiger partial charge is 5.00 e. The van der Waals surface area contributed by atoms with Crippen molar-refractivity contribution in [3.05, 3.63) is 0 Å². The predicted molar refractivity (Wildman–Crippen MR) is 0 cm³/mol. The maximum absolute atomic E-state index is 0. The molecule has 0 aromatic rings. The summed E-state index contributed by atoms with van der Waals surface area (Å²) < 4.78 is 0. The monoisotopic (exact) mass is 376 g/mol. The summed E-state index contributed by atoms with van der Waals surface area (Å²) in [5, 5.41) is 0. The summed E-state index contributed by atoms with van der Waals surface area (Å²) in [6, 6.07) is 0. The fourth-order valence-corrected chi connectivity index (χ4v) is 0. The molecule has 0 saturated carbocycles. The molecular weight excluding hydrogens is 376 g/mol. The molecule has 0 atom stereocenters. The first-order chi connectivity index (χ1) is 0. The number of hydrogen-bond acceptors (Lipinski definition) is 0. The Morgan fingerprint density at radius 3 is 0.400 bits per heavy atom. The van der Waals surface area contributed by atoms with Crippen LogP contribution in [0.4, 0.5) is 0 Å². The van der Waals surface area contributed by atoms with Crippen molar-refractivity contribution in [1.82, 2.24) is 0 Å². The SMILES string of the molecule is [F-].[F-].[F-].[F-].[F-].[F-].[F-].[K+].[Na+].[Ta+5]. The van der Waals surface area contributed by atoms with E-state index in [1.165, 1.54) is 0 Å². The zero-order valence-corrected chi connectivity index (χ0v) is 13.4. The van der Waals surface area contributed by atoms with Crippen LogP contribution < -0.4 is 114 Å². The molecule has 0 aromatic heterocycles. The second kappa shape index (κ2) is 169. The van der Waals surface area contributed by atoms with Crippen molar-refractivity contribution >= 4 is 0 Å². The molecule has 0 nitrogen and oxygen atoms in total. The average Bonchev–Trinajstić information content (AvgIpc) is 0. The van der Waals surface area contributed by atoms with E-state index >= 15 is 0 Å². The summed E-state index contributed by atoms with van der Waals surface area (Å²) in [7, 11) is 0. The van der Waals surface area contributed by atoms with E-state index in [9.17, 15) is 0 Å². The Bertz CT molecular complexity index is 13.6. The molecule has 0 bridgehead atoms. The normalized spacial score (nSPS) is 0. The van der Waals surface area contributed by atoms with Gasteiger partial charge in [-0.25, -0.2) is 0 Å². The first-order valence-electron chi connectivity index (χ1n) is 0. The molecule has 10 heteroatoms. The zero-order valence-electron chi connectivity index (χ0n) is 5.09. The predicted octanol–water partition coefficient (Wildman–Crippen LogP) is -27.0. The quantitative estimate of drug-likeness (QED) is 0.291. The molecule has 0 rings (SSSR count). The fraction of sp³-hybridized carbons (Fsp3) is 0. The van der Waals surface area contributed by atoms with Crippen LogP contribution in [0.3, 0.4) is 0 Å². The van der Waals surface area contributed by atoms with Crippen molar-refractivity contribution in [1.29, 1.82) is 0 Å². The van der Waals surface area contributed by atoms with Crippen LogP contribution in [0.15, 0.2) is 0 Å². The maximum Gasteiger partial charge on any atom is 5.00 e. The minimum absolute atomic E-state index is 0. The zero-order chi connectivity index (χ0) is 0. The van der Waals surface area contributed by atoms with Crippen LogP contribution in [0.2, 0.25) is 0 Å². The van der Waals surface area contributed by atoms with Gasteiger partial charge in [0.15, 0.2) is 0 Å². The van der Waals surface area contributed by atoms with Gasteiger partial charge in [0.1, 0.15) is 0 Å². The molecule has 0 aliphatic carbocycles. The van der Waals surface area contributed by atoms with E-state index in [1.54, 1.807) is 0 Å². The standard InChI is InChI=1S/7FH.K.Na.Ta/h7*1H;;;/q;;;;;;;2*+1;+5/p-7. The maximum atomic E-state index is 0. The average molecular weight is 376 g/mol. The van der Waals surface area contributed by atoms with Crippen LogP contribution in [0, 0.1) is 0 Å². The Labute approximate surface area is 133 Å². The van der Waals surface area contributed by atoms with Gasteiger partial charge in [0.05, 0.1) is 0 Å². The summed E-state index contributed by atoms with van der Waals surface area (Å²) in [6.07, 6.45) is 0. The number of halogens is 7. The topological polar surface area (TPSA) is 0 Å². The molecule has 0 heterocycles. The van der Waals surface area contributed by atoms with Crippen LogP contribution in [-0.4, -0.2) is 0 Å². The van der Waals surface area contributed by atoms with E-state index in [0.29, 0.717) is 0 Å². The van der Waals surface area contributed by atoms with Gasteiger partial charge in [0.2, 0.25) is 0 Å². The van der Waals surface area contributed by atoms with Crippen molar-refractivity contribution in [2.75, 3.05) is 0 Å². The van der Waals surface area contributed by atoms with Crippen molar-refractivity contribution in [3.8, 4) is 0 Å². The van der Waals surface area contributed by atoms with Gasteiger partial charge >= 0.3 is 103 Å². The van der Waals surface area contributed by atoms with E-state index in [-0.39, 0.29) is 136 Å². The van der Waals surface area contributed by atoms with Gasteiger partial charge in [0.25, 0.3) is 0 Å². The van der Waals surface area contributed by atoms with Crippen molar-refractivity contribution in [3.63, 3.8) is 0 Å². The third kappa shape index (κ3) is 128. The summed E-state index contributed by atoms with van der Waals surface area (Å²) >= 11 is 0. The Kier molecular flexibility index (Phi) is 3690. The van der Waals surface area contributed by atoms with Gasteiger partial charge < -0.3 is 32.9 Å². The van der Waals surface area contributed by atoms with E-state index in [0.717, 1.165) is 0 Å². The Morgan fingerprint density at radius 1 is 0.400 bits per heavy atom. The van der Waals surface area contributed by atoms with Crippen LogP contribution in [0.25, 0.3) is 0 Å². The smallest absolute Gasteiger partial charge is 1.00 e. The molecular formula is F7KNaTa. The number of rotatable bonds is 0. The van der Waals surface area contributed by atoms with Crippen molar-refractivity contribution in [2.24, 2.45) is 0 Å². The van der Waals surface area contributed by atoms with Crippen molar-refractivity contribution in [2.45, 2.75) is 0 Å². The molecule has 0 spiro atoms. The van der Waals surface area contributed by atoms with Gasteiger partial charge in [-0.2, -0.15) is 0 Å². The van der Waals surface area contributed by atoms with E-state index < -0.39 is 0 Å². The fourth-order valence-electron chi connectivity index (χ4n) is 0. The summed E-state index contributed by atoms with van der Waals surface area (Å²) in [5.41, 5.74) is 0. The second-order valence-corrected chi connectivity index (χ2v) is 0. The molecule has 56 valence electrons. The van der Waals surface area contributed by atoms with E-state index in [4.69, 9.17) is 0 Å². The molecule has 0 unspecified atom stereocenters. The minimum atomic E-state index is 0. The van der Waals surface area contributed by atoms with Crippen LogP contribution in [0.5, 0.6) is 0 Å². The van der Waals surface area contributed by atoms with E-state index in [1.807, 2.05) is 0 Å². The first kappa shape index (κ1) is 219. The summed E-state index contributed by atoms with van der Waals surface area (Å²) in [4.78, 5) is 0. The minimum Gasteiger partial charge on any atom is -1.00 e. The number of hydrogen-bond donors (Lipinski definition) is 0. The molecule has 0 aromatic carbocycles. The van der Waals surface area contributed by atoms with Crippen molar-refractivity contribution < 1.29 is 136 Å². The van der Waals surface area contributed by atoms with Gasteiger partial charge in [0, 0.05) is 0 Å². The van der Waals surface area contributed by atoms with Crippen LogP contribution in [-0.2, 0) is 22.4 Å². The Balaban J connectivity index is 0. The van der Waals surface area contributed by atoms with Crippen LogP contribution >= 0.6 is 0 Å². The molecule has 0 fully saturated rings. The van der Waals surface area contributed by atoms with Gasteiger partial charge in [-0.1, -0.05) is 0 Å². The molecule has 0 N–H and O–H groups in total. The second-order valence-electron chi connectivity index (χ2n) is 0. The Hall–Kier alpha value is 2.89. The molecule has 0 aliphatic heterocycles. The van der Waals surface area contributed by atoms with E-state index in [2.05, 4.69) is 0 Å². The molecule has 0 saturated heterocycles. The first-order valence-corrected chi connectivity index (χ1v) is 0. The molecule has 0 radical (unpaired) electrons. The van der Waals surface area contributed by atoms with Gasteiger partial charge in [-0.15, -0.1) is 0 Å². The Morgan fingerprint density at radius 2 is 0.400 bits per heavy atom. The third-order valence-corrected chi connectivity index (χ3v) is 0. The molecule has 0 aliphatic rings. The summed E-state index contributed by atoms with van der Waals surface area (Å²) in [5.74, 6) is 0. The third-order valence-electron chi connectivity index (χ3n) is 0. The van der Waals surface area contributed by atoms with Crippen LogP contribution in [0.1, 0.15) is 0 Å². The molecule has 10 heavy (non-hydrogen) atoms. The molecule has 0 amide bonds. The van der Waals surface area contributed by atoms with Gasteiger partial charge in [-0.05, 0) is 0 Å².